The molecule has 0 bridgehead atoms. The Morgan fingerprint density at radius 3 is 2.87 bits per heavy atom. The van der Waals surface area contributed by atoms with Crippen molar-refractivity contribution in [3.8, 4) is 0 Å². The number of aromatic nitrogens is 2. The summed E-state index contributed by atoms with van der Waals surface area (Å²) in [5.74, 6) is 0. The Hall–Kier alpha value is -1.55. The maximum Gasteiger partial charge on any atom is 0.166 e. The van der Waals surface area contributed by atoms with E-state index in [1.54, 1.807) is 0 Å². The first-order valence-corrected chi connectivity index (χ1v) is 5.33. The zero-order chi connectivity index (χ0) is 10.4. The number of hydrogen-bond acceptors (Lipinski definition) is 1. The Morgan fingerprint density at radius 2 is 2.07 bits per heavy atom. The van der Waals surface area contributed by atoms with Crippen molar-refractivity contribution in [2.75, 3.05) is 0 Å². The fourth-order valence-electron chi connectivity index (χ4n) is 1.85. The number of benzene rings is 1. The lowest BCUT2D eigenvalue weighted by atomic mass is 10.2. The summed E-state index contributed by atoms with van der Waals surface area (Å²) in [6, 6.07) is 7.85. The first-order chi connectivity index (χ1) is 7.29. The largest absolute Gasteiger partial charge is 0.340 e. The molecule has 0 aliphatic rings. The topological polar surface area (TPSA) is 48.6 Å². The van der Waals surface area contributed by atoms with Gasteiger partial charge in [0.05, 0.1) is 11.2 Å². The standard InChI is InChI=1S/C11H7BrN2O/c12-9-3-1-2-7-8-4-6(5-15)13-11(8)14-10(7)9/h1-5,13-14H. The fourth-order valence-corrected chi connectivity index (χ4v) is 2.32. The number of carbonyl (C=O) groups excluding carboxylic acids is 1. The van der Waals surface area contributed by atoms with E-state index < -0.39 is 0 Å². The van der Waals surface area contributed by atoms with Gasteiger partial charge in [-0.1, -0.05) is 12.1 Å². The predicted molar refractivity (Wildman–Crippen MR) is 63.2 cm³/mol. The van der Waals surface area contributed by atoms with Gasteiger partial charge >= 0.3 is 0 Å². The van der Waals surface area contributed by atoms with Crippen LogP contribution in [0.3, 0.4) is 0 Å². The Bertz CT molecular complexity index is 666. The van der Waals surface area contributed by atoms with Crippen LogP contribution in [0.2, 0.25) is 0 Å². The number of para-hydroxylation sites is 1. The molecule has 3 rings (SSSR count). The van der Waals surface area contributed by atoms with Gasteiger partial charge in [-0.15, -0.1) is 0 Å². The van der Waals surface area contributed by atoms with E-state index in [0.717, 1.165) is 32.7 Å². The lowest BCUT2D eigenvalue weighted by molar-refractivity contribution is 0.112. The number of rotatable bonds is 1. The monoisotopic (exact) mass is 262 g/mol. The normalized spacial score (nSPS) is 11.3. The smallest absolute Gasteiger partial charge is 0.166 e. The number of aldehydes is 1. The van der Waals surface area contributed by atoms with E-state index in [1.165, 1.54) is 0 Å². The molecule has 1 aromatic carbocycles. The summed E-state index contributed by atoms with van der Waals surface area (Å²) in [4.78, 5) is 16.9. The molecule has 4 heteroatoms. The van der Waals surface area contributed by atoms with Gasteiger partial charge in [0.25, 0.3) is 0 Å². The summed E-state index contributed by atoms with van der Waals surface area (Å²) < 4.78 is 1.03. The quantitative estimate of drug-likeness (QED) is 0.650. The number of halogens is 1. The van der Waals surface area contributed by atoms with Crippen LogP contribution in [0.1, 0.15) is 10.5 Å². The fraction of sp³-hybridized carbons (Fsp3) is 0. The Balaban J connectivity index is 2.50. The molecule has 0 saturated heterocycles. The summed E-state index contributed by atoms with van der Waals surface area (Å²) in [6.45, 7) is 0. The Morgan fingerprint density at radius 1 is 1.20 bits per heavy atom. The summed E-state index contributed by atoms with van der Waals surface area (Å²) >= 11 is 3.48. The minimum absolute atomic E-state index is 0.595. The Labute approximate surface area is 93.6 Å². The summed E-state index contributed by atoms with van der Waals surface area (Å²) in [5.41, 5.74) is 2.54. The molecule has 0 aliphatic carbocycles. The molecule has 0 saturated carbocycles. The minimum Gasteiger partial charge on any atom is -0.340 e. The summed E-state index contributed by atoms with van der Waals surface area (Å²) in [5, 5.41) is 2.16. The van der Waals surface area contributed by atoms with E-state index in [9.17, 15) is 4.79 Å². The second-order valence-electron chi connectivity index (χ2n) is 3.42. The first kappa shape index (κ1) is 8.73. The number of carbonyl (C=O) groups is 1. The third-order valence-electron chi connectivity index (χ3n) is 2.52. The van der Waals surface area contributed by atoms with Gasteiger partial charge in [0.1, 0.15) is 5.65 Å². The number of nitrogens with one attached hydrogen (secondary N) is 2. The van der Waals surface area contributed by atoms with Crippen molar-refractivity contribution in [3.05, 3.63) is 34.4 Å². The number of fused-ring (bicyclic) bond motifs is 3. The van der Waals surface area contributed by atoms with Crippen LogP contribution < -0.4 is 0 Å². The average molecular weight is 263 g/mol. The molecule has 0 spiro atoms. The van der Waals surface area contributed by atoms with Crippen LogP contribution in [0, 0.1) is 0 Å². The van der Waals surface area contributed by atoms with E-state index in [1.807, 2.05) is 24.3 Å². The van der Waals surface area contributed by atoms with Crippen molar-refractivity contribution >= 4 is 44.2 Å². The van der Waals surface area contributed by atoms with Crippen LogP contribution in [0.4, 0.5) is 0 Å². The van der Waals surface area contributed by atoms with Crippen molar-refractivity contribution < 1.29 is 4.79 Å². The molecule has 0 unspecified atom stereocenters. The molecule has 0 aliphatic heterocycles. The molecule has 0 atom stereocenters. The van der Waals surface area contributed by atoms with E-state index in [2.05, 4.69) is 25.9 Å². The highest BCUT2D eigenvalue weighted by molar-refractivity contribution is 9.10. The second kappa shape index (κ2) is 2.97. The van der Waals surface area contributed by atoms with Gasteiger partial charge in [-0.25, -0.2) is 0 Å². The lowest BCUT2D eigenvalue weighted by Crippen LogP contribution is -1.77. The van der Waals surface area contributed by atoms with E-state index in [0.29, 0.717) is 5.69 Å². The van der Waals surface area contributed by atoms with Crippen LogP contribution in [0.25, 0.3) is 21.9 Å². The highest BCUT2D eigenvalue weighted by Crippen LogP contribution is 2.30. The van der Waals surface area contributed by atoms with Crippen LogP contribution in [0.15, 0.2) is 28.7 Å². The number of H-pyrrole nitrogens is 2. The van der Waals surface area contributed by atoms with Crippen LogP contribution in [-0.4, -0.2) is 16.3 Å². The molecular formula is C11H7BrN2O. The average Bonchev–Trinajstić information content (AvgIpc) is 2.76. The highest BCUT2D eigenvalue weighted by Gasteiger charge is 2.08. The van der Waals surface area contributed by atoms with Crippen molar-refractivity contribution in [2.45, 2.75) is 0 Å². The molecule has 0 radical (unpaired) electrons. The number of hydrogen-bond donors (Lipinski definition) is 2. The van der Waals surface area contributed by atoms with Gasteiger partial charge in [-0.05, 0) is 28.1 Å². The van der Waals surface area contributed by atoms with Crippen LogP contribution in [-0.2, 0) is 0 Å². The van der Waals surface area contributed by atoms with Gasteiger partial charge in [-0.3, -0.25) is 4.79 Å². The van der Waals surface area contributed by atoms with Crippen LogP contribution >= 0.6 is 15.9 Å². The highest BCUT2D eigenvalue weighted by atomic mass is 79.9. The maximum atomic E-state index is 10.6. The van der Waals surface area contributed by atoms with Crippen molar-refractivity contribution in [2.24, 2.45) is 0 Å². The van der Waals surface area contributed by atoms with Gasteiger partial charge < -0.3 is 9.97 Å². The zero-order valence-electron chi connectivity index (χ0n) is 7.67. The van der Waals surface area contributed by atoms with Crippen molar-refractivity contribution in [1.29, 1.82) is 0 Å². The molecule has 2 heterocycles. The predicted octanol–water partition coefficient (Wildman–Crippen LogP) is 3.22. The number of aromatic amines is 2. The van der Waals surface area contributed by atoms with Gasteiger partial charge in [0.15, 0.2) is 6.29 Å². The molecule has 3 aromatic rings. The maximum absolute atomic E-state index is 10.6. The van der Waals surface area contributed by atoms with Gasteiger partial charge in [-0.2, -0.15) is 0 Å². The summed E-state index contributed by atoms with van der Waals surface area (Å²) in [6.07, 6.45) is 0.817. The molecule has 0 amide bonds. The summed E-state index contributed by atoms with van der Waals surface area (Å²) in [7, 11) is 0. The van der Waals surface area contributed by atoms with Crippen molar-refractivity contribution in [1.82, 2.24) is 9.97 Å². The molecule has 0 fully saturated rings. The first-order valence-electron chi connectivity index (χ1n) is 4.53. The molecule has 2 aromatic heterocycles. The second-order valence-corrected chi connectivity index (χ2v) is 4.27. The lowest BCUT2D eigenvalue weighted by Gasteiger charge is -1.92. The van der Waals surface area contributed by atoms with Crippen LogP contribution in [0.5, 0.6) is 0 Å². The van der Waals surface area contributed by atoms with E-state index >= 15 is 0 Å². The third-order valence-corrected chi connectivity index (χ3v) is 3.18. The molecule has 2 N–H and O–H groups in total. The van der Waals surface area contributed by atoms with E-state index in [-0.39, 0.29) is 0 Å². The Kier molecular flexibility index (Phi) is 1.73. The molecule has 74 valence electrons. The SMILES string of the molecule is O=Cc1cc2c([nH]1)[nH]c1c(Br)cccc12. The van der Waals surface area contributed by atoms with Crippen molar-refractivity contribution in [3.63, 3.8) is 0 Å². The minimum atomic E-state index is 0.595. The van der Waals surface area contributed by atoms with Gasteiger partial charge in [0, 0.05) is 15.2 Å². The zero-order valence-corrected chi connectivity index (χ0v) is 9.26. The third kappa shape index (κ3) is 1.15. The van der Waals surface area contributed by atoms with E-state index in [4.69, 9.17) is 0 Å². The molecular weight excluding hydrogens is 256 g/mol. The molecule has 15 heavy (non-hydrogen) atoms. The van der Waals surface area contributed by atoms with Gasteiger partial charge in [0.2, 0.25) is 0 Å². The molecule has 3 nitrogen and oxygen atoms in total.